The fourth-order valence-electron chi connectivity index (χ4n) is 2.73. The van der Waals surface area contributed by atoms with E-state index in [4.69, 9.17) is 14.2 Å². The fourth-order valence-corrected chi connectivity index (χ4v) is 2.73. The van der Waals surface area contributed by atoms with E-state index in [0.29, 0.717) is 19.8 Å². The number of rotatable bonds is 7. The van der Waals surface area contributed by atoms with Gasteiger partial charge in [0, 0.05) is 40.2 Å². The monoisotopic (exact) mass is 347 g/mol. The lowest BCUT2D eigenvalue weighted by molar-refractivity contribution is 0.115. The molecule has 1 saturated carbocycles. The Morgan fingerprint density at radius 3 is 2.84 bits per heavy atom. The lowest BCUT2D eigenvalue weighted by Crippen LogP contribution is -2.40. The minimum Gasteiger partial charge on any atom is -0.490 e. The van der Waals surface area contributed by atoms with Crippen molar-refractivity contribution in [2.75, 3.05) is 47.1 Å². The van der Waals surface area contributed by atoms with Gasteiger partial charge < -0.3 is 24.4 Å². The fraction of sp³-hybridized carbons (Fsp3) is 0.632. The van der Waals surface area contributed by atoms with E-state index in [2.05, 4.69) is 21.3 Å². The van der Waals surface area contributed by atoms with Crippen LogP contribution in [0.4, 0.5) is 0 Å². The number of hydrogen-bond acceptors (Lipinski definition) is 4. The molecular weight excluding hydrogens is 318 g/mol. The van der Waals surface area contributed by atoms with Crippen molar-refractivity contribution in [3.8, 4) is 11.5 Å². The molecule has 1 aliphatic carbocycles. The van der Waals surface area contributed by atoms with Gasteiger partial charge in [0.1, 0.15) is 0 Å². The molecule has 1 heterocycles. The molecule has 0 aromatic heterocycles. The third-order valence-corrected chi connectivity index (χ3v) is 4.46. The van der Waals surface area contributed by atoms with Crippen LogP contribution >= 0.6 is 0 Å². The maximum atomic E-state index is 5.75. The molecule has 1 aromatic rings. The van der Waals surface area contributed by atoms with Gasteiger partial charge in [-0.3, -0.25) is 4.99 Å². The lowest BCUT2D eigenvalue weighted by Gasteiger charge is -2.22. The van der Waals surface area contributed by atoms with Gasteiger partial charge in [-0.25, -0.2) is 0 Å². The van der Waals surface area contributed by atoms with Crippen molar-refractivity contribution < 1.29 is 14.2 Å². The number of guanidine groups is 1. The zero-order chi connectivity index (χ0) is 17.5. The zero-order valence-electron chi connectivity index (χ0n) is 15.3. The number of nitrogens with zero attached hydrogens (tertiary/aromatic N) is 2. The van der Waals surface area contributed by atoms with Crippen LogP contribution < -0.4 is 14.8 Å². The first-order valence-electron chi connectivity index (χ1n) is 9.14. The summed E-state index contributed by atoms with van der Waals surface area (Å²) in [6.07, 6.45) is 3.58. The molecule has 3 rings (SSSR count). The standard InChI is InChI=1S/C19H29N3O3/c1-20-19(22(2)8-11-23-14-15-4-5-15)21-13-16-6-7-17-18(12-16)25-10-3-9-24-17/h6-7,12,15H,3-5,8-11,13-14H2,1-2H3,(H,20,21). The normalized spacial score (nSPS) is 17.1. The maximum absolute atomic E-state index is 5.75. The Bertz CT molecular complexity index is 587. The van der Waals surface area contributed by atoms with Gasteiger partial charge in [-0.05, 0) is 36.5 Å². The summed E-state index contributed by atoms with van der Waals surface area (Å²) >= 11 is 0. The third kappa shape index (κ3) is 5.53. The van der Waals surface area contributed by atoms with Crippen LogP contribution in [-0.2, 0) is 11.3 Å². The number of benzene rings is 1. The van der Waals surface area contributed by atoms with Crippen molar-refractivity contribution in [3.63, 3.8) is 0 Å². The number of ether oxygens (including phenoxy) is 3. The molecule has 0 saturated heterocycles. The molecular formula is C19H29N3O3. The average Bonchev–Trinajstić information content (AvgIpc) is 3.46. The summed E-state index contributed by atoms with van der Waals surface area (Å²) < 4.78 is 17.1. The molecule has 2 aliphatic rings. The van der Waals surface area contributed by atoms with E-state index in [9.17, 15) is 0 Å². The molecule has 138 valence electrons. The van der Waals surface area contributed by atoms with Gasteiger partial charge in [-0.15, -0.1) is 0 Å². The van der Waals surface area contributed by atoms with Crippen molar-refractivity contribution >= 4 is 5.96 Å². The van der Waals surface area contributed by atoms with Crippen molar-refractivity contribution in [2.24, 2.45) is 10.9 Å². The SMILES string of the molecule is CN=C(NCc1ccc2c(c1)OCCCO2)N(C)CCOCC1CC1. The maximum Gasteiger partial charge on any atom is 0.193 e. The van der Waals surface area contributed by atoms with Crippen LogP contribution in [0, 0.1) is 5.92 Å². The van der Waals surface area contributed by atoms with Crippen molar-refractivity contribution in [3.05, 3.63) is 23.8 Å². The van der Waals surface area contributed by atoms with Crippen LogP contribution in [0.3, 0.4) is 0 Å². The van der Waals surface area contributed by atoms with Gasteiger partial charge in [0.15, 0.2) is 17.5 Å². The summed E-state index contributed by atoms with van der Waals surface area (Å²) in [5.74, 6) is 3.33. The molecule has 25 heavy (non-hydrogen) atoms. The van der Waals surface area contributed by atoms with Crippen molar-refractivity contribution in [1.29, 1.82) is 0 Å². The van der Waals surface area contributed by atoms with Gasteiger partial charge in [-0.1, -0.05) is 6.07 Å². The second-order valence-corrected chi connectivity index (χ2v) is 6.67. The molecule has 0 atom stereocenters. The van der Waals surface area contributed by atoms with Crippen LogP contribution in [0.5, 0.6) is 11.5 Å². The Morgan fingerprint density at radius 2 is 2.08 bits per heavy atom. The van der Waals surface area contributed by atoms with Crippen LogP contribution in [0.2, 0.25) is 0 Å². The lowest BCUT2D eigenvalue weighted by atomic mass is 10.2. The first kappa shape index (κ1) is 17.9. The summed E-state index contributed by atoms with van der Waals surface area (Å²) in [5.41, 5.74) is 1.14. The minimum absolute atomic E-state index is 0.691. The van der Waals surface area contributed by atoms with Gasteiger partial charge in [0.05, 0.1) is 19.8 Å². The second-order valence-electron chi connectivity index (χ2n) is 6.67. The van der Waals surface area contributed by atoms with E-state index in [-0.39, 0.29) is 0 Å². The molecule has 1 fully saturated rings. The van der Waals surface area contributed by atoms with Crippen molar-refractivity contribution in [1.82, 2.24) is 10.2 Å². The summed E-state index contributed by atoms with van der Waals surface area (Å²) in [6, 6.07) is 6.09. The highest BCUT2D eigenvalue weighted by molar-refractivity contribution is 5.79. The molecule has 1 aromatic carbocycles. The molecule has 0 radical (unpaired) electrons. The Labute approximate surface area is 150 Å². The number of likely N-dealkylation sites (N-methyl/N-ethyl adjacent to an activating group) is 1. The topological polar surface area (TPSA) is 55.3 Å². The Hall–Kier alpha value is -1.95. The van der Waals surface area contributed by atoms with E-state index in [0.717, 1.165) is 55.1 Å². The molecule has 0 amide bonds. The highest BCUT2D eigenvalue weighted by atomic mass is 16.5. The number of aliphatic imine (C=N–C) groups is 1. The van der Waals surface area contributed by atoms with E-state index < -0.39 is 0 Å². The molecule has 6 nitrogen and oxygen atoms in total. The zero-order valence-corrected chi connectivity index (χ0v) is 15.3. The van der Waals surface area contributed by atoms with Crippen LogP contribution in [0.15, 0.2) is 23.2 Å². The predicted octanol–water partition coefficient (Wildman–Crippen LogP) is 2.28. The number of nitrogens with one attached hydrogen (secondary N) is 1. The van der Waals surface area contributed by atoms with Crippen LogP contribution in [0.1, 0.15) is 24.8 Å². The molecule has 1 aliphatic heterocycles. The van der Waals surface area contributed by atoms with E-state index >= 15 is 0 Å². The Morgan fingerprint density at radius 1 is 1.28 bits per heavy atom. The number of fused-ring (bicyclic) bond motifs is 1. The summed E-state index contributed by atoms with van der Waals surface area (Å²) in [6.45, 7) is 4.57. The van der Waals surface area contributed by atoms with E-state index in [1.165, 1.54) is 12.8 Å². The van der Waals surface area contributed by atoms with Gasteiger partial charge in [-0.2, -0.15) is 0 Å². The average molecular weight is 347 g/mol. The summed E-state index contributed by atoms with van der Waals surface area (Å²) in [7, 11) is 3.83. The van der Waals surface area contributed by atoms with Gasteiger partial charge in [0.25, 0.3) is 0 Å². The van der Waals surface area contributed by atoms with Gasteiger partial charge >= 0.3 is 0 Å². The second kappa shape index (κ2) is 8.94. The van der Waals surface area contributed by atoms with Crippen LogP contribution in [-0.4, -0.2) is 57.9 Å². The first-order chi connectivity index (χ1) is 12.3. The minimum atomic E-state index is 0.691. The highest BCUT2D eigenvalue weighted by Gasteiger charge is 2.21. The molecule has 0 unspecified atom stereocenters. The molecule has 1 N–H and O–H groups in total. The Kier molecular flexibility index (Phi) is 6.39. The molecule has 6 heteroatoms. The van der Waals surface area contributed by atoms with E-state index in [1.54, 1.807) is 7.05 Å². The third-order valence-electron chi connectivity index (χ3n) is 4.46. The van der Waals surface area contributed by atoms with Crippen LogP contribution in [0.25, 0.3) is 0 Å². The Balaban J connectivity index is 1.46. The molecule has 0 bridgehead atoms. The smallest absolute Gasteiger partial charge is 0.193 e. The predicted molar refractivity (Wildman–Crippen MR) is 98.4 cm³/mol. The van der Waals surface area contributed by atoms with Crippen molar-refractivity contribution in [2.45, 2.75) is 25.8 Å². The van der Waals surface area contributed by atoms with E-state index in [1.807, 2.05) is 19.2 Å². The largest absolute Gasteiger partial charge is 0.490 e. The quantitative estimate of drug-likeness (QED) is 0.466. The summed E-state index contributed by atoms with van der Waals surface area (Å²) in [4.78, 5) is 6.44. The highest BCUT2D eigenvalue weighted by Crippen LogP contribution is 2.30. The summed E-state index contributed by atoms with van der Waals surface area (Å²) in [5, 5.41) is 3.39. The van der Waals surface area contributed by atoms with Gasteiger partial charge in [0.2, 0.25) is 0 Å². The first-order valence-corrected chi connectivity index (χ1v) is 9.14. The number of hydrogen-bond donors (Lipinski definition) is 1. The molecule has 0 spiro atoms.